The lowest BCUT2D eigenvalue weighted by Crippen LogP contribution is -2.50. The minimum atomic E-state index is 0.0982. The van der Waals surface area contributed by atoms with Gasteiger partial charge in [0.1, 0.15) is 0 Å². The van der Waals surface area contributed by atoms with Crippen molar-refractivity contribution in [2.75, 3.05) is 6.54 Å². The van der Waals surface area contributed by atoms with Crippen molar-refractivity contribution in [3.05, 3.63) is 32.9 Å². The molecule has 1 heterocycles. The summed E-state index contributed by atoms with van der Waals surface area (Å²) in [7, 11) is 0. The van der Waals surface area contributed by atoms with Gasteiger partial charge in [-0.05, 0) is 53.1 Å². The molecule has 0 unspecified atom stereocenters. The second kappa shape index (κ2) is 3.20. The van der Waals surface area contributed by atoms with E-state index in [1.54, 1.807) is 0 Å². The molecule has 0 atom stereocenters. The predicted octanol–water partition coefficient (Wildman–Crippen LogP) is 2.46. The Bertz CT molecular complexity index is 437. The average Bonchev–Trinajstić information content (AvgIpc) is 2.17. The zero-order valence-electron chi connectivity index (χ0n) is 8.35. The molecule has 1 saturated carbocycles. The maximum Gasteiger partial charge on any atom is 0.251 e. The van der Waals surface area contributed by atoms with E-state index in [1.165, 1.54) is 24.8 Å². The van der Waals surface area contributed by atoms with Crippen molar-refractivity contribution in [1.82, 2.24) is 5.32 Å². The Labute approximate surface area is 103 Å². The molecule has 2 aliphatic rings. The van der Waals surface area contributed by atoms with Gasteiger partial charge in [-0.3, -0.25) is 4.79 Å². The zero-order chi connectivity index (χ0) is 10.5. The molecule has 0 radical (unpaired) electrons. The van der Waals surface area contributed by atoms with E-state index >= 15 is 0 Å². The summed E-state index contributed by atoms with van der Waals surface area (Å²) in [6.07, 6.45) is 3.74. The highest BCUT2D eigenvalue weighted by Crippen LogP contribution is 2.46. The van der Waals surface area contributed by atoms with E-state index in [1.807, 2.05) is 6.07 Å². The molecular weight excluding hydrogens is 301 g/mol. The van der Waals surface area contributed by atoms with Gasteiger partial charge in [0.2, 0.25) is 0 Å². The molecule has 0 saturated heterocycles. The van der Waals surface area contributed by atoms with E-state index < -0.39 is 0 Å². The second-order valence-corrected chi connectivity index (χ2v) is 5.75. The number of hydrogen-bond acceptors (Lipinski definition) is 1. The van der Waals surface area contributed by atoms with Gasteiger partial charge in [-0.25, -0.2) is 0 Å². The first kappa shape index (κ1) is 9.63. The van der Waals surface area contributed by atoms with Crippen molar-refractivity contribution in [2.24, 2.45) is 0 Å². The molecule has 3 heteroatoms. The topological polar surface area (TPSA) is 29.1 Å². The van der Waals surface area contributed by atoms with Crippen molar-refractivity contribution in [3.8, 4) is 0 Å². The minimum Gasteiger partial charge on any atom is -0.351 e. The molecule has 1 spiro atoms. The normalized spacial score (nSPS) is 21.8. The number of rotatable bonds is 0. The van der Waals surface area contributed by atoms with Crippen LogP contribution in [0.25, 0.3) is 0 Å². The van der Waals surface area contributed by atoms with E-state index in [0.29, 0.717) is 0 Å². The first-order valence-electron chi connectivity index (χ1n) is 5.30. The van der Waals surface area contributed by atoms with E-state index in [2.05, 4.69) is 40.0 Å². The molecule has 2 nitrogen and oxygen atoms in total. The van der Waals surface area contributed by atoms with Crippen molar-refractivity contribution in [1.29, 1.82) is 0 Å². The summed E-state index contributed by atoms with van der Waals surface area (Å²) in [4.78, 5) is 11.8. The molecule has 1 aliphatic carbocycles. The highest BCUT2D eigenvalue weighted by molar-refractivity contribution is 14.1. The molecule has 0 bridgehead atoms. The van der Waals surface area contributed by atoms with Crippen LogP contribution in [0.1, 0.15) is 35.2 Å². The third-order valence-corrected chi connectivity index (χ3v) is 4.37. The van der Waals surface area contributed by atoms with Crippen molar-refractivity contribution < 1.29 is 4.79 Å². The number of hydrogen-bond donors (Lipinski definition) is 1. The lowest BCUT2D eigenvalue weighted by molar-refractivity contribution is 0.0896. The predicted molar refractivity (Wildman–Crippen MR) is 67.0 cm³/mol. The number of carbonyl (C=O) groups excluding carboxylic acids is 1. The molecule has 0 aromatic heterocycles. The van der Waals surface area contributed by atoms with E-state index in [0.717, 1.165) is 15.7 Å². The van der Waals surface area contributed by atoms with Crippen LogP contribution in [-0.2, 0) is 5.41 Å². The summed E-state index contributed by atoms with van der Waals surface area (Å²) in [6, 6.07) is 6.26. The van der Waals surface area contributed by atoms with Crippen molar-refractivity contribution >= 4 is 28.5 Å². The lowest BCUT2D eigenvalue weighted by atomic mass is 9.62. The summed E-state index contributed by atoms with van der Waals surface area (Å²) in [5.41, 5.74) is 2.44. The first-order chi connectivity index (χ1) is 7.21. The smallest absolute Gasteiger partial charge is 0.251 e. The molecule has 1 aliphatic heterocycles. The third kappa shape index (κ3) is 1.32. The van der Waals surface area contributed by atoms with Gasteiger partial charge in [-0.15, -0.1) is 0 Å². The van der Waals surface area contributed by atoms with Gasteiger partial charge < -0.3 is 5.32 Å². The van der Waals surface area contributed by atoms with Crippen LogP contribution in [0.15, 0.2) is 18.2 Å². The summed E-state index contributed by atoms with van der Waals surface area (Å²) < 4.78 is 1.14. The van der Waals surface area contributed by atoms with Crippen LogP contribution in [0, 0.1) is 3.57 Å². The maximum atomic E-state index is 11.8. The lowest BCUT2D eigenvalue weighted by Gasteiger charge is -2.46. The van der Waals surface area contributed by atoms with E-state index in [9.17, 15) is 4.79 Å². The van der Waals surface area contributed by atoms with Crippen LogP contribution >= 0.6 is 22.6 Å². The van der Waals surface area contributed by atoms with Gasteiger partial charge in [0.05, 0.1) is 0 Å². The van der Waals surface area contributed by atoms with Gasteiger partial charge in [0.25, 0.3) is 5.91 Å². The Balaban J connectivity index is 2.17. The molecule has 1 aromatic carbocycles. The number of halogens is 1. The Kier molecular flexibility index (Phi) is 2.06. The van der Waals surface area contributed by atoms with Crippen LogP contribution < -0.4 is 5.32 Å². The Hall–Kier alpha value is -0.580. The van der Waals surface area contributed by atoms with Gasteiger partial charge in [-0.2, -0.15) is 0 Å². The molecule has 15 heavy (non-hydrogen) atoms. The van der Waals surface area contributed by atoms with Crippen LogP contribution in [0.2, 0.25) is 0 Å². The van der Waals surface area contributed by atoms with Gasteiger partial charge >= 0.3 is 0 Å². The Morgan fingerprint density at radius 1 is 1.33 bits per heavy atom. The largest absolute Gasteiger partial charge is 0.351 e. The Morgan fingerprint density at radius 3 is 2.80 bits per heavy atom. The van der Waals surface area contributed by atoms with Crippen LogP contribution in [0.4, 0.5) is 0 Å². The Morgan fingerprint density at radius 2 is 2.13 bits per heavy atom. The molecular formula is C12H12INO. The van der Waals surface area contributed by atoms with Gasteiger partial charge in [-0.1, -0.05) is 12.5 Å². The fourth-order valence-corrected chi connectivity index (χ4v) is 3.15. The number of fused-ring (bicyclic) bond motifs is 2. The van der Waals surface area contributed by atoms with Gasteiger partial charge in [0, 0.05) is 21.1 Å². The summed E-state index contributed by atoms with van der Waals surface area (Å²) >= 11 is 2.26. The van der Waals surface area contributed by atoms with Crippen molar-refractivity contribution in [2.45, 2.75) is 24.7 Å². The maximum absolute atomic E-state index is 11.8. The molecule has 1 amide bonds. The second-order valence-electron chi connectivity index (χ2n) is 4.51. The molecule has 1 aromatic rings. The fourth-order valence-electron chi connectivity index (χ4n) is 2.66. The monoisotopic (exact) mass is 313 g/mol. The summed E-state index contributed by atoms with van der Waals surface area (Å²) in [6.45, 7) is 0.833. The molecule has 1 N–H and O–H groups in total. The quantitative estimate of drug-likeness (QED) is 0.733. The molecule has 3 rings (SSSR count). The summed E-state index contributed by atoms with van der Waals surface area (Å²) in [5.74, 6) is 0.0982. The van der Waals surface area contributed by atoms with Crippen LogP contribution in [-0.4, -0.2) is 12.5 Å². The van der Waals surface area contributed by atoms with Crippen LogP contribution in [0.3, 0.4) is 0 Å². The number of nitrogens with one attached hydrogen (secondary N) is 1. The fraction of sp³-hybridized carbons (Fsp3) is 0.417. The molecule has 78 valence electrons. The highest BCUT2D eigenvalue weighted by Gasteiger charge is 2.43. The minimum absolute atomic E-state index is 0.0982. The third-order valence-electron chi connectivity index (χ3n) is 3.70. The summed E-state index contributed by atoms with van der Waals surface area (Å²) in [5, 5.41) is 3.02. The first-order valence-corrected chi connectivity index (χ1v) is 6.37. The SMILES string of the molecule is O=C1NCC2(CCC2)c2ccc(I)cc21. The van der Waals surface area contributed by atoms with Gasteiger partial charge in [0.15, 0.2) is 0 Å². The number of benzene rings is 1. The zero-order valence-corrected chi connectivity index (χ0v) is 10.5. The van der Waals surface area contributed by atoms with Crippen LogP contribution in [0.5, 0.6) is 0 Å². The van der Waals surface area contributed by atoms with Crippen molar-refractivity contribution in [3.63, 3.8) is 0 Å². The number of amides is 1. The number of carbonyl (C=O) groups is 1. The van der Waals surface area contributed by atoms with E-state index in [-0.39, 0.29) is 11.3 Å². The average molecular weight is 313 g/mol. The van der Waals surface area contributed by atoms with E-state index in [4.69, 9.17) is 0 Å². The highest BCUT2D eigenvalue weighted by atomic mass is 127. The standard InChI is InChI=1S/C12H12INO/c13-8-2-3-10-9(6-8)11(15)14-7-12(10)4-1-5-12/h2-3,6H,1,4-5,7H2,(H,14,15). The molecule has 1 fully saturated rings.